The van der Waals surface area contributed by atoms with Crippen molar-refractivity contribution < 1.29 is 8.78 Å². The number of rotatable bonds is 6. The molecule has 1 rings (SSSR count). The maximum Gasteiger partial charge on any atom is 0.255 e. The molecule has 0 atom stereocenters. The van der Waals surface area contributed by atoms with Gasteiger partial charge in [-0.05, 0) is 17.9 Å². The van der Waals surface area contributed by atoms with Crippen molar-refractivity contribution in [3.63, 3.8) is 0 Å². The van der Waals surface area contributed by atoms with Crippen LogP contribution in [0.3, 0.4) is 0 Å². The molecule has 0 saturated heterocycles. The van der Waals surface area contributed by atoms with E-state index in [-0.39, 0.29) is 4.99 Å². The Kier molecular flexibility index (Phi) is 5.64. The van der Waals surface area contributed by atoms with Crippen molar-refractivity contribution in [2.24, 2.45) is 5.73 Å². The van der Waals surface area contributed by atoms with Gasteiger partial charge in [0.05, 0.1) is 6.54 Å². The summed E-state index contributed by atoms with van der Waals surface area (Å²) >= 11 is 6.55. The molecule has 0 radical (unpaired) electrons. The van der Waals surface area contributed by atoms with Gasteiger partial charge in [0.15, 0.2) is 0 Å². The summed E-state index contributed by atoms with van der Waals surface area (Å²) in [5, 5.41) is 2.66. The van der Waals surface area contributed by atoms with Crippen molar-refractivity contribution in [1.82, 2.24) is 0 Å². The molecule has 1 aromatic rings. The number of thiocarbonyl (C=S) groups is 1. The molecule has 0 aromatic heterocycles. The monoisotopic (exact) mass is 276 g/mol. The summed E-state index contributed by atoms with van der Waals surface area (Å²) in [6, 6.07) is 5.39. The van der Waals surface area contributed by atoms with Crippen molar-refractivity contribution in [3.05, 3.63) is 23.8 Å². The van der Waals surface area contributed by atoms with Crippen LogP contribution in [0.1, 0.15) is 12.5 Å². The van der Waals surface area contributed by atoms with Crippen LogP contribution >= 0.6 is 24.0 Å². The molecule has 0 fully saturated rings. The van der Waals surface area contributed by atoms with Crippen LogP contribution in [0.4, 0.5) is 14.5 Å². The fourth-order valence-electron chi connectivity index (χ4n) is 1.40. The molecule has 0 unspecified atom stereocenters. The summed E-state index contributed by atoms with van der Waals surface area (Å²) in [4.78, 5) is 1.14. The second-order valence-corrected chi connectivity index (χ2v) is 4.99. The van der Waals surface area contributed by atoms with Gasteiger partial charge in [-0.2, -0.15) is 0 Å². The number of hydrogen-bond donors (Lipinski definition) is 2. The minimum absolute atomic E-state index is 0.221. The predicted molar refractivity (Wildman–Crippen MR) is 73.2 cm³/mol. The lowest BCUT2D eigenvalue weighted by atomic mass is 10.1. The first kappa shape index (κ1) is 14.2. The van der Waals surface area contributed by atoms with Gasteiger partial charge in [0, 0.05) is 16.1 Å². The smallest absolute Gasteiger partial charge is 0.255 e. The topological polar surface area (TPSA) is 38.0 Å². The lowest BCUT2D eigenvalue weighted by Crippen LogP contribution is -2.17. The summed E-state index contributed by atoms with van der Waals surface area (Å²) in [6.07, 6.45) is -2.41. The van der Waals surface area contributed by atoms with E-state index in [1.165, 1.54) is 0 Å². The Balaban J connectivity index is 3.02. The van der Waals surface area contributed by atoms with E-state index in [0.717, 1.165) is 10.6 Å². The maximum absolute atomic E-state index is 12.2. The zero-order valence-electron chi connectivity index (χ0n) is 9.37. The number of nitrogens with two attached hydrogens (primary N) is 1. The van der Waals surface area contributed by atoms with Crippen LogP contribution in [-0.2, 0) is 0 Å². The fourth-order valence-corrected chi connectivity index (χ4v) is 2.53. The average molecular weight is 276 g/mol. The number of alkyl halides is 2. The molecule has 2 nitrogen and oxygen atoms in total. The molecule has 0 saturated carbocycles. The van der Waals surface area contributed by atoms with Crippen molar-refractivity contribution in [3.8, 4) is 0 Å². The molecule has 1 aromatic carbocycles. The molecule has 0 aliphatic carbocycles. The van der Waals surface area contributed by atoms with Crippen LogP contribution in [0.15, 0.2) is 23.1 Å². The largest absolute Gasteiger partial charge is 0.389 e. The number of anilines is 1. The normalized spacial score (nSPS) is 10.6. The Bertz CT molecular complexity index is 397. The van der Waals surface area contributed by atoms with Crippen molar-refractivity contribution in [2.45, 2.75) is 18.2 Å². The van der Waals surface area contributed by atoms with E-state index in [2.05, 4.69) is 5.32 Å². The zero-order chi connectivity index (χ0) is 12.8. The standard InChI is InChI=1S/C11H14F2N2S2/c1-2-17-8-5-3-4-7(10(8)11(14)16)15-6-9(12)13/h3-5,9,15H,2,6H2,1H3,(H2,14,16). The van der Waals surface area contributed by atoms with E-state index < -0.39 is 13.0 Å². The van der Waals surface area contributed by atoms with Crippen LogP contribution in [0.25, 0.3) is 0 Å². The lowest BCUT2D eigenvalue weighted by Gasteiger charge is -2.14. The van der Waals surface area contributed by atoms with Crippen LogP contribution in [0.2, 0.25) is 0 Å². The third-order valence-corrected chi connectivity index (χ3v) is 3.16. The lowest BCUT2D eigenvalue weighted by molar-refractivity contribution is 0.163. The van der Waals surface area contributed by atoms with Crippen LogP contribution in [0, 0.1) is 0 Å². The van der Waals surface area contributed by atoms with E-state index in [0.29, 0.717) is 11.3 Å². The number of hydrogen-bond acceptors (Lipinski definition) is 3. The van der Waals surface area contributed by atoms with E-state index in [9.17, 15) is 8.78 Å². The van der Waals surface area contributed by atoms with Crippen molar-refractivity contribution >= 4 is 34.7 Å². The van der Waals surface area contributed by atoms with Gasteiger partial charge in [-0.3, -0.25) is 0 Å². The van der Waals surface area contributed by atoms with Gasteiger partial charge < -0.3 is 11.1 Å². The SMILES string of the molecule is CCSc1cccc(NCC(F)F)c1C(N)=S. The molecule has 0 aliphatic rings. The average Bonchev–Trinajstić information content (AvgIpc) is 2.26. The summed E-state index contributed by atoms with van der Waals surface area (Å²) in [5.74, 6) is 0.869. The van der Waals surface area contributed by atoms with Gasteiger partial charge >= 0.3 is 0 Å². The molecule has 0 heterocycles. The van der Waals surface area contributed by atoms with Gasteiger partial charge in [-0.25, -0.2) is 8.78 Å². The zero-order valence-corrected chi connectivity index (χ0v) is 11.0. The molecule has 17 heavy (non-hydrogen) atoms. The molecular weight excluding hydrogens is 262 g/mol. The third-order valence-electron chi connectivity index (χ3n) is 2.02. The Hall–Kier alpha value is -0.880. The summed E-state index contributed by atoms with van der Waals surface area (Å²) in [6.45, 7) is 1.60. The van der Waals surface area contributed by atoms with Gasteiger partial charge in [0.25, 0.3) is 6.43 Å². The van der Waals surface area contributed by atoms with Gasteiger partial charge in [0.2, 0.25) is 0 Å². The highest BCUT2D eigenvalue weighted by molar-refractivity contribution is 7.99. The Morgan fingerprint density at radius 1 is 1.53 bits per heavy atom. The van der Waals surface area contributed by atoms with Crippen molar-refractivity contribution in [2.75, 3.05) is 17.6 Å². The minimum atomic E-state index is -2.41. The highest BCUT2D eigenvalue weighted by Gasteiger charge is 2.12. The molecule has 0 bridgehead atoms. The Morgan fingerprint density at radius 2 is 2.24 bits per heavy atom. The van der Waals surface area contributed by atoms with E-state index >= 15 is 0 Å². The second kappa shape index (κ2) is 6.76. The van der Waals surface area contributed by atoms with E-state index in [1.807, 2.05) is 13.0 Å². The molecule has 0 aliphatic heterocycles. The molecule has 0 amide bonds. The highest BCUT2D eigenvalue weighted by Crippen LogP contribution is 2.28. The second-order valence-electron chi connectivity index (χ2n) is 3.25. The van der Waals surface area contributed by atoms with Crippen LogP contribution in [0.5, 0.6) is 0 Å². The van der Waals surface area contributed by atoms with Crippen LogP contribution in [-0.4, -0.2) is 23.7 Å². The van der Waals surface area contributed by atoms with Gasteiger partial charge in [-0.15, -0.1) is 11.8 Å². The number of nitrogens with one attached hydrogen (secondary N) is 1. The Morgan fingerprint density at radius 3 is 2.76 bits per heavy atom. The Labute approximate surface area is 109 Å². The first-order valence-corrected chi connectivity index (χ1v) is 6.53. The third kappa shape index (κ3) is 4.12. The predicted octanol–water partition coefficient (Wildman–Crippen LogP) is 3.11. The summed E-state index contributed by atoms with van der Waals surface area (Å²) < 4.78 is 24.3. The molecule has 3 N–H and O–H groups in total. The number of benzene rings is 1. The van der Waals surface area contributed by atoms with E-state index in [4.69, 9.17) is 18.0 Å². The van der Waals surface area contributed by atoms with E-state index in [1.54, 1.807) is 23.9 Å². The molecular formula is C11H14F2N2S2. The van der Waals surface area contributed by atoms with Gasteiger partial charge in [0.1, 0.15) is 4.99 Å². The summed E-state index contributed by atoms with van der Waals surface area (Å²) in [7, 11) is 0. The molecule has 94 valence electrons. The maximum atomic E-state index is 12.2. The number of halogens is 2. The minimum Gasteiger partial charge on any atom is -0.389 e. The fraction of sp³-hybridized carbons (Fsp3) is 0.364. The van der Waals surface area contributed by atoms with Crippen molar-refractivity contribution in [1.29, 1.82) is 0 Å². The number of thioether (sulfide) groups is 1. The highest BCUT2D eigenvalue weighted by atomic mass is 32.2. The molecule has 0 spiro atoms. The van der Waals surface area contributed by atoms with Crippen LogP contribution < -0.4 is 11.1 Å². The molecule has 6 heteroatoms. The first-order valence-electron chi connectivity index (χ1n) is 5.13. The first-order chi connectivity index (χ1) is 8.06. The summed E-state index contributed by atoms with van der Waals surface area (Å²) in [5.41, 5.74) is 6.86. The quantitative estimate of drug-likeness (QED) is 0.618. The van der Waals surface area contributed by atoms with Gasteiger partial charge in [-0.1, -0.05) is 25.2 Å².